The van der Waals surface area contributed by atoms with E-state index < -0.39 is 0 Å². The normalized spacial score (nSPS) is 11.1. The third kappa shape index (κ3) is 7.49. The van der Waals surface area contributed by atoms with Gasteiger partial charge in [-0.25, -0.2) is 0 Å². The van der Waals surface area contributed by atoms with Crippen LogP contribution in [0.25, 0.3) is 0 Å². The summed E-state index contributed by atoms with van der Waals surface area (Å²) in [7, 11) is 3.52. The van der Waals surface area contributed by atoms with Gasteiger partial charge in [0.25, 0.3) is 5.91 Å². The maximum absolute atomic E-state index is 12.1. The van der Waals surface area contributed by atoms with Crippen LogP contribution >= 0.6 is 0 Å². The third-order valence-corrected chi connectivity index (χ3v) is 4.34. The van der Waals surface area contributed by atoms with E-state index >= 15 is 0 Å². The summed E-state index contributed by atoms with van der Waals surface area (Å²) < 4.78 is 5.81. The van der Waals surface area contributed by atoms with Gasteiger partial charge in [0.05, 0.1) is 6.54 Å². The molecule has 0 aromatic heterocycles. The number of rotatable bonds is 9. The van der Waals surface area contributed by atoms with Crippen LogP contribution in [-0.4, -0.2) is 57.1 Å². The Labute approximate surface area is 174 Å². The Balaban J connectivity index is 1.83. The zero-order valence-corrected chi connectivity index (χ0v) is 17.9. The average molecular weight is 397 g/mol. The second kappa shape index (κ2) is 11.7. The summed E-state index contributed by atoms with van der Waals surface area (Å²) in [6.07, 6.45) is 0.769. The Morgan fingerprint density at radius 3 is 2.62 bits per heavy atom. The first-order valence-corrected chi connectivity index (χ1v) is 10.0. The number of benzene rings is 2. The lowest BCUT2D eigenvalue weighted by Crippen LogP contribution is -2.39. The Morgan fingerprint density at radius 2 is 1.90 bits per heavy atom. The Bertz CT molecular complexity index is 818. The van der Waals surface area contributed by atoms with Crippen molar-refractivity contribution in [2.45, 2.75) is 20.3 Å². The van der Waals surface area contributed by atoms with E-state index in [1.807, 2.05) is 62.4 Å². The number of para-hydroxylation sites is 1. The largest absolute Gasteiger partial charge is 0.491 e. The third-order valence-electron chi connectivity index (χ3n) is 4.34. The first kappa shape index (κ1) is 22.3. The monoisotopic (exact) mass is 396 g/mol. The highest BCUT2D eigenvalue weighted by Crippen LogP contribution is 2.15. The van der Waals surface area contributed by atoms with Crippen molar-refractivity contribution in [2.24, 2.45) is 4.99 Å². The van der Waals surface area contributed by atoms with Crippen LogP contribution in [0.4, 0.5) is 0 Å². The number of amides is 1. The van der Waals surface area contributed by atoms with E-state index in [4.69, 9.17) is 4.74 Å². The van der Waals surface area contributed by atoms with Crippen LogP contribution in [-0.2, 0) is 6.42 Å². The highest BCUT2D eigenvalue weighted by molar-refractivity contribution is 5.94. The number of hydrogen-bond acceptors (Lipinski definition) is 3. The van der Waals surface area contributed by atoms with E-state index in [2.05, 4.69) is 15.6 Å². The summed E-state index contributed by atoms with van der Waals surface area (Å²) in [5, 5.41) is 6.54. The number of carbonyl (C=O) groups is 1. The molecule has 2 N–H and O–H groups in total. The zero-order chi connectivity index (χ0) is 21.1. The highest BCUT2D eigenvalue weighted by Gasteiger charge is 2.08. The second-order valence-corrected chi connectivity index (χ2v) is 6.95. The topological polar surface area (TPSA) is 66.0 Å². The molecule has 1 amide bonds. The second-order valence-electron chi connectivity index (χ2n) is 6.95. The van der Waals surface area contributed by atoms with Gasteiger partial charge in [-0.2, -0.15) is 0 Å². The molecule has 0 saturated carbocycles. The Kier molecular flexibility index (Phi) is 9.02. The van der Waals surface area contributed by atoms with Gasteiger partial charge >= 0.3 is 0 Å². The molecule has 2 aromatic rings. The molecule has 2 aromatic carbocycles. The number of hydrogen-bond donors (Lipinski definition) is 2. The van der Waals surface area contributed by atoms with Crippen LogP contribution in [0.2, 0.25) is 0 Å². The molecule has 156 valence electrons. The molecule has 0 spiro atoms. The van der Waals surface area contributed by atoms with Gasteiger partial charge in [-0.05, 0) is 49.6 Å². The molecule has 6 heteroatoms. The molecular formula is C23H32N4O2. The van der Waals surface area contributed by atoms with Crippen molar-refractivity contribution in [1.29, 1.82) is 0 Å². The zero-order valence-electron chi connectivity index (χ0n) is 17.9. The van der Waals surface area contributed by atoms with E-state index in [0.29, 0.717) is 25.3 Å². The molecular weight excluding hydrogens is 364 g/mol. The quantitative estimate of drug-likeness (QED) is 0.389. The number of nitrogens with zero attached hydrogens (tertiary/aromatic N) is 2. The molecule has 0 aliphatic carbocycles. The molecule has 0 radical (unpaired) electrons. The van der Waals surface area contributed by atoms with E-state index in [1.165, 1.54) is 0 Å². The van der Waals surface area contributed by atoms with Crippen LogP contribution in [0.1, 0.15) is 28.4 Å². The molecule has 6 nitrogen and oxygen atoms in total. The standard InChI is InChI=1S/C23H32N4O2/c1-5-24-23(26-15-16-29-21-12-7-6-9-18(21)2)25-14-13-19-10-8-11-20(17-19)22(28)27(3)4/h6-12,17H,5,13-16H2,1-4H3,(H2,24,25,26). The van der Waals surface area contributed by atoms with Gasteiger partial charge in [-0.3, -0.25) is 9.79 Å². The molecule has 29 heavy (non-hydrogen) atoms. The van der Waals surface area contributed by atoms with E-state index in [9.17, 15) is 4.79 Å². The van der Waals surface area contributed by atoms with Gasteiger partial charge in [0.2, 0.25) is 0 Å². The van der Waals surface area contributed by atoms with Crippen LogP contribution in [0.3, 0.4) is 0 Å². The number of guanidine groups is 1. The van der Waals surface area contributed by atoms with Gasteiger partial charge in [0.1, 0.15) is 12.4 Å². The number of ether oxygens (including phenoxy) is 1. The molecule has 0 heterocycles. The lowest BCUT2D eigenvalue weighted by Gasteiger charge is -2.13. The van der Waals surface area contributed by atoms with Crippen molar-refractivity contribution < 1.29 is 9.53 Å². The first-order valence-electron chi connectivity index (χ1n) is 10.0. The molecule has 0 aliphatic rings. The first-order chi connectivity index (χ1) is 14.0. The minimum absolute atomic E-state index is 0.0130. The van der Waals surface area contributed by atoms with Crippen LogP contribution in [0.15, 0.2) is 53.5 Å². The fourth-order valence-corrected chi connectivity index (χ4v) is 2.81. The van der Waals surface area contributed by atoms with Crippen LogP contribution in [0.5, 0.6) is 5.75 Å². The highest BCUT2D eigenvalue weighted by atomic mass is 16.5. The number of nitrogens with one attached hydrogen (secondary N) is 2. The summed E-state index contributed by atoms with van der Waals surface area (Å²) in [5.41, 5.74) is 2.93. The predicted molar refractivity (Wildman–Crippen MR) is 119 cm³/mol. The molecule has 0 aliphatic heterocycles. The SMILES string of the molecule is CCNC(=NCCc1cccc(C(=O)N(C)C)c1)NCCOc1ccccc1C. The summed E-state index contributed by atoms with van der Waals surface area (Å²) in [5.74, 6) is 1.68. The van der Waals surface area contributed by atoms with Crippen LogP contribution < -0.4 is 15.4 Å². The molecule has 0 bridgehead atoms. The van der Waals surface area contributed by atoms with Gasteiger partial charge in [0, 0.05) is 32.7 Å². The van der Waals surface area contributed by atoms with Crippen LogP contribution in [0, 0.1) is 6.92 Å². The molecule has 0 saturated heterocycles. The van der Waals surface area contributed by atoms with Crippen molar-refractivity contribution in [3.8, 4) is 5.75 Å². The molecule has 0 fully saturated rings. The summed E-state index contributed by atoms with van der Waals surface area (Å²) in [4.78, 5) is 18.3. The van der Waals surface area contributed by atoms with Crippen molar-refractivity contribution in [1.82, 2.24) is 15.5 Å². The summed E-state index contributed by atoms with van der Waals surface area (Å²) in [6.45, 7) is 6.72. The van der Waals surface area contributed by atoms with E-state index in [1.54, 1.807) is 19.0 Å². The fourth-order valence-electron chi connectivity index (χ4n) is 2.81. The fraction of sp³-hybridized carbons (Fsp3) is 0.391. The smallest absolute Gasteiger partial charge is 0.253 e. The minimum Gasteiger partial charge on any atom is -0.491 e. The minimum atomic E-state index is 0.0130. The number of aliphatic imine (C=N–C) groups is 1. The summed E-state index contributed by atoms with van der Waals surface area (Å²) in [6, 6.07) is 15.7. The van der Waals surface area contributed by atoms with Gasteiger partial charge in [0.15, 0.2) is 5.96 Å². The average Bonchev–Trinajstić information content (AvgIpc) is 2.72. The summed E-state index contributed by atoms with van der Waals surface area (Å²) >= 11 is 0. The molecule has 2 rings (SSSR count). The lowest BCUT2D eigenvalue weighted by atomic mass is 10.1. The Hall–Kier alpha value is -3.02. The number of carbonyl (C=O) groups excluding carboxylic acids is 1. The van der Waals surface area contributed by atoms with E-state index in [0.717, 1.165) is 35.8 Å². The predicted octanol–water partition coefficient (Wildman–Crippen LogP) is 2.87. The molecule has 0 atom stereocenters. The van der Waals surface area contributed by atoms with Gasteiger partial charge < -0.3 is 20.3 Å². The van der Waals surface area contributed by atoms with Gasteiger partial charge in [-0.15, -0.1) is 0 Å². The van der Waals surface area contributed by atoms with Crippen molar-refractivity contribution in [3.05, 3.63) is 65.2 Å². The van der Waals surface area contributed by atoms with Crippen molar-refractivity contribution in [2.75, 3.05) is 40.3 Å². The van der Waals surface area contributed by atoms with Gasteiger partial charge in [-0.1, -0.05) is 30.3 Å². The van der Waals surface area contributed by atoms with E-state index in [-0.39, 0.29) is 5.91 Å². The van der Waals surface area contributed by atoms with Crippen molar-refractivity contribution in [3.63, 3.8) is 0 Å². The maximum atomic E-state index is 12.1. The van der Waals surface area contributed by atoms with Crippen molar-refractivity contribution >= 4 is 11.9 Å². The molecule has 0 unspecified atom stereocenters. The maximum Gasteiger partial charge on any atom is 0.253 e. The number of aryl methyl sites for hydroxylation is 1. The Morgan fingerprint density at radius 1 is 1.10 bits per heavy atom. The lowest BCUT2D eigenvalue weighted by molar-refractivity contribution is 0.0827.